The highest BCUT2D eigenvalue weighted by molar-refractivity contribution is 5.96. The fourth-order valence-electron chi connectivity index (χ4n) is 1.32. The number of anilines is 2. The van der Waals surface area contributed by atoms with Crippen molar-refractivity contribution in [3.8, 4) is 0 Å². The fourth-order valence-corrected chi connectivity index (χ4v) is 1.32. The largest absolute Gasteiger partial charge is 0.397 e. The Balaban J connectivity index is 2.68. The standard InChI is InChI=1S/C12H19N3O/c1-4-15(3)9(2)12(16)14-11-8-6-5-7-10(11)13/h5-9H,4,13H2,1-3H3,(H,14,16). The number of nitrogen functional groups attached to an aromatic ring is 1. The molecular formula is C12H19N3O. The summed E-state index contributed by atoms with van der Waals surface area (Å²) in [5.41, 5.74) is 7.00. The van der Waals surface area contributed by atoms with E-state index in [2.05, 4.69) is 5.32 Å². The van der Waals surface area contributed by atoms with Crippen molar-refractivity contribution in [3.05, 3.63) is 24.3 Å². The van der Waals surface area contributed by atoms with E-state index in [1.54, 1.807) is 12.1 Å². The van der Waals surface area contributed by atoms with Gasteiger partial charge in [0.2, 0.25) is 5.91 Å². The van der Waals surface area contributed by atoms with Gasteiger partial charge in [0, 0.05) is 0 Å². The zero-order chi connectivity index (χ0) is 12.1. The first-order valence-electron chi connectivity index (χ1n) is 5.41. The lowest BCUT2D eigenvalue weighted by molar-refractivity contribution is -0.120. The third-order valence-corrected chi connectivity index (χ3v) is 2.76. The molecule has 0 aliphatic rings. The Morgan fingerprint density at radius 2 is 2.12 bits per heavy atom. The van der Waals surface area contributed by atoms with Crippen molar-refractivity contribution in [1.29, 1.82) is 0 Å². The van der Waals surface area contributed by atoms with E-state index in [0.717, 1.165) is 6.54 Å². The van der Waals surface area contributed by atoms with Crippen molar-refractivity contribution >= 4 is 17.3 Å². The van der Waals surface area contributed by atoms with Crippen molar-refractivity contribution in [2.75, 3.05) is 24.6 Å². The van der Waals surface area contributed by atoms with E-state index in [1.165, 1.54) is 0 Å². The SMILES string of the molecule is CCN(C)C(C)C(=O)Nc1ccccc1N. The van der Waals surface area contributed by atoms with Gasteiger partial charge in [-0.25, -0.2) is 0 Å². The van der Waals surface area contributed by atoms with Gasteiger partial charge in [-0.05, 0) is 32.6 Å². The molecule has 0 fully saturated rings. The number of carbonyl (C=O) groups is 1. The van der Waals surface area contributed by atoms with Gasteiger partial charge in [0.15, 0.2) is 0 Å². The van der Waals surface area contributed by atoms with Gasteiger partial charge in [-0.15, -0.1) is 0 Å². The van der Waals surface area contributed by atoms with Crippen molar-refractivity contribution < 1.29 is 4.79 Å². The Bertz CT molecular complexity index is 365. The molecule has 4 heteroatoms. The fraction of sp³-hybridized carbons (Fsp3) is 0.417. The van der Waals surface area contributed by atoms with Crippen LogP contribution in [0, 0.1) is 0 Å². The smallest absolute Gasteiger partial charge is 0.241 e. The summed E-state index contributed by atoms with van der Waals surface area (Å²) in [4.78, 5) is 13.8. The second-order valence-corrected chi connectivity index (χ2v) is 3.83. The maximum atomic E-state index is 11.9. The highest BCUT2D eigenvalue weighted by atomic mass is 16.2. The van der Waals surface area contributed by atoms with Crippen LogP contribution in [-0.2, 0) is 4.79 Å². The Morgan fingerprint density at radius 1 is 1.50 bits per heavy atom. The lowest BCUT2D eigenvalue weighted by Gasteiger charge is -2.22. The summed E-state index contributed by atoms with van der Waals surface area (Å²) in [5.74, 6) is -0.0396. The normalized spacial score (nSPS) is 12.5. The van der Waals surface area contributed by atoms with Crippen LogP contribution in [0.4, 0.5) is 11.4 Å². The number of hydrogen-bond donors (Lipinski definition) is 2. The highest BCUT2D eigenvalue weighted by Crippen LogP contribution is 2.17. The van der Waals surface area contributed by atoms with Crippen LogP contribution < -0.4 is 11.1 Å². The van der Waals surface area contributed by atoms with E-state index in [1.807, 2.05) is 37.9 Å². The summed E-state index contributed by atoms with van der Waals surface area (Å²) < 4.78 is 0. The number of likely N-dealkylation sites (N-methyl/N-ethyl adjacent to an activating group) is 1. The van der Waals surface area contributed by atoms with E-state index in [4.69, 9.17) is 5.73 Å². The molecule has 1 rings (SSSR count). The Kier molecular flexibility index (Phi) is 4.31. The molecule has 0 aromatic heterocycles. The van der Waals surface area contributed by atoms with Gasteiger partial charge < -0.3 is 11.1 Å². The third kappa shape index (κ3) is 2.97. The molecule has 0 bridgehead atoms. The summed E-state index contributed by atoms with van der Waals surface area (Å²) in [6.45, 7) is 4.72. The van der Waals surface area contributed by atoms with Gasteiger partial charge in [0.05, 0.1) is 17.4 Å². The molecule has 0 saturated carbocycles. The lowest BCUT2D eigenvalue weighted by Crippen LogP contribution is -2.39. The molecule has 3 N–H and O–H groups in total. The van der Waals surface area contributed by atoms with Crippen LogP contribution in [0.3, 0.4) is 0 Å². The minimum atomic E-state index is -0.162. The minimum Gasteiger partial charge on any atom is -0.397 e. The van der Waals surface area contributed by atoms with Crippen LogP contribution in [-0.4, -0.2) is 30.4 Å². The van der Waals surface area contributed by atoms with E-state index < -0.39 is 0 Å². The quantitative estimate of drug-likeness (QED) is 0.758. The molecule has 0 aliphatic heterocycles. The average molecular weight is 221 g/mol. The topological polar surface area (TPSA) is 58.4 Å². The molecule has 0 heterocycles. The van der Waals surface area contributed by atoms with Crippen molar-refractivity contribution in [2.24, 2.45) is 0 Å². The summed E-state index contributed by atoms with van der Waals surface area (Å²) in [5, 5.41) is 2.82. The van der Waals surface area contributed by atoms with E-state index >= 15 is 0 Å². The van der Waals surface area contributed by atoms with Gasteiger partial charge >= 0.3 is 0 Å². The van der Waals surface area contributed by atoms with Crippen LogP contribution in [0.25, 0.3) is 0 Å². The summed E-state index contributed by atoms with van der Waals surface area (Å²) in [6.07, 6.45) is 0. The van der Waals surface area contributed by atoms with Crippen LogP contribution >= 0.6 is 0 Å². The molecule has 1 unspecified atom stereocenters. The number of carbonyl (C=O) groups excluding carboxylic acids is 1. The lowest BCUT2D eigenvalue weighted by atomic mass is 10.2. The van der Waals surface area contributed by atoms with Crippen molar-refractivity contribution in [1.82, 2.24) is 4.90 Å². The van der Waals surface area contributed by atoms with Gasteiger partial charge in [0.1, 0.15) is 0 Å². The first-order chi connectivity index (χ1) is 7.56. The highest BCUT2D eigenvalue weighted by Gasteiger charge is 2.16. The molecule has 0 spiro atoms. The van der Waals surface area contributed by atoms with Crippen molar-refractivity contribution in [2.45, 2.75) is 19.9 Å². The third-order valence-electron chi connectivity index (χ3n) is 2.76. The number of amides is 1. The second kappa shape index (κ2) is 5.51. The molecule has 1 aromatic rings. The number of benzene rings is 1. The molecule has 88 valence electrons. The Labute approximate surface area is 96.4 Å². The van der Waals surface area contributed by atoms with Crippen LogP contribution in [0.2, 0.25) is 0 Å². The van der Waals surface area contributed by atoms with Gasteiger partial charge in [0.25, 0.3) is 0 Å². The van der Waals surface area contributed by atoms with Gasteiger partial charge in [-0.2, -0.15) is 0 Å². The number of para-hydroxylation sites is 2. The van der Waals surface area contributed by atoms with Gasteiger partial charge in [-0.3, -0.25) is 9.69 Å². The Hall–Kier alpha value is -1.55. The molecule has 0 aliphatic carbocycles. The molecule has 1 aromatic carbocycles. The van der Waals surface area contributed by atoms with Crippen LogP contribution in [0.1, 0.15) is 13.8 Å². The molecule has 0 radical (unpaired) electrons. The summed E-state index contributed by atoms with van der Waals surface area (Å²) in [6, 6.07) is 7.09. The number of hydrogen-bond acceptors (Lipinski definition) is 3. The first-order valence-corrected chi connectivity index (χ1v) is 5.41. The number of nitrogens with two attached hydrogens (primary N) is 1. The second-order valence-electron chi connectivity index (χ2n) is 3.83. The predicted molar refractivity (Wildman–Crippen MR) is 67.3 cm³/mol. The molecule has 1 atom stereocenters. The van der Waals surface area contributed by atoms with E-state index in [-0.39, 0.29) is 11.9 Å². The molecule has 0 saturated heterocycles. The minimum absolute atomic E-state index is 0.0396. The number of nitrogens with one attached hydrogen (secondary N) is 1. The molecular weight excluding hydrogens is 202 g/mol. The summed E-state index contributed by atoms with van der Waals surface area (Å²) in [7, 11) is 1.92. The zero-order valence-corrected chi connectivity index (χ0v) is 10.0. The molecule has 1 amide bonds. The van der Waals surface area contributed by atoms with Crippen molar-refractivity contribution in [3.63, 3.8) is 0 Å². The maximum absolute atomic E-state index is 11.9. The Morgan fingerprint density at radius 3 is 2.69 bits per heavy atom. The average Bonchev–Trinajstić information content (AvgIpc) is 2.30. The maximum Gasteiger partial charge on any atom is 0.241 e. The monoisotopic (exact) mass is 221 g/mol. The van der Waals surface area contributed by atoms with Crippen LogP contribution in [0.5, 0.6) is 0 Å². The molecule has 4 nitrogen and oxygen atoms in total. The van der Waals surface area contributed by atoms with Gasteiger partial charge in [-0.1, -0.05) is 19.1 Å². The predicted octanol–water partition coefficient (Wildman–Crippen LogP) is 1.55. The number of rotatable bonds is 4. The number of nitrogens with zero attached hydrogens (tertiary/aromatic N) is 1. The molecule has 16 heavy (non-hydrogen) atoms. The zero-order valence-electron chi connectivity index (χ0n) is 10.0. The van der Waals surface area contributed by atoms with Crippen LogP contribution in [0.15, 0.2) is 24.3 Å². The van der Waals surface area contributed by atoms with E-state index in [9.17, 15) is 4.79 Å². The van der Waals surface area contributed by atoms with E-state index in [0.29, 0.717) is 11.4 Å². The first kappa shape index (κ1) is 12.5. The summed E-state index contributed by atoms with van der Waals surface area (Å²) >= 11 is 0.